The molecule has 0 radical (unpaired) electrons. The summed E-state index contributed by atoms with van der Waals surface area (Å²) in [5.74, 6) is -0.809. The molecule has 0 saturated heterocycles. The number of hydrogen-bond acceptors (Lipinski definition) is 4. The maximum absolute atomic E-state index is 13.9. The van der Waals surface area contributed by atoms with E-state index < -0.39 is 21.7 Å². The summed E-state index contributed by atoms with van der Waals surface area (Å²) in [6.07, 6.45) is 0.686. The molecular weight excluding hydrogens is 340 g/mol. The molecule has 1 aliphatic heterocycles. The number of sulfonamides is 1. The van der Waals surface area contributed by atoms with Crippen molar-refractivity contribution in [1.29, 1.82) is 0 Å². The highest BCUT2D eigenvalue weighted by Gasteiger charge is 2.26. The Balaban J connectivity index is 2.01. The Labute approximate surface area is 138 Å². The van der Waals surface area contributed by atoms with E-state index in [4.69, 9.17) is 9.47 Å². The van der Waals surface area contributed by atoms with Gasteiger partial charge in [-0.2, -0.15) is 0 Å². The van der Waals surface area contributed by atoms with Crippen LogP contribution in [0.4, 0.5) is 14.5 Å². The summed E-state index contributed by atoms with van der Waals surface area (Å²) in [6, 6.07) is 6.79. The first-order chi connectivity index (χ1) is 11.4. The van der Waals surface area contributed by atoms with Gasteiger partial charge in [0, 0.05) is 25.6 Å². The zero-order valence-corrected chi connectivity index (χ0v) is 13.6. The van der Waals surface area contributed by atoms with Crippen LogP contribution < -0.4 is 13.8 Å². The molecule has 24 heavy (non-hydrogen) atoms. The summed E-state index contributed by atoms with van der Waals surface area (Å²) in [6.45, 7) is 0.887. The van der Waals surface area contributed by atoms with E-state index in [1.165, 1.54) is 18.2 Å². The van der Waals surface area contributed by atoms with Gasteiger partial charge in [-0.3, -0.25) is 4.31 Å². The van der Waals surface area contributed by atoms with Gasteiger partial charge in [0.2, 0.25) is 0 Å². The predicted molar refractivity (Wildman–Crippen MR) is 84.0 cm³/mol. The van der Waals surface area contributed by atoms with E-state index in [-0.39, 0.29) is 10.6 Å². The van der Waals surface area contributed by atoms with Gasteiger partial charge >= 0.3 is 0 Å². The summed E-state index contributed by atoms with van der Waals surface area (Å²) in [4.78, 5) is -0.0992. The van der Waals surface area contributed by atoms with Gasteiger partial charge in [0.05, 0.1) is 23.8 Å². The fourth-order valence-electron chi connectivity index (χ4n) is 2.32. The third kappa shape index (κ3) is 3.01. The van der Waals surface area contributed by atoms with Crippen LogP contribution in [0.1, 0.15) is 6.42 Å². The van der Waals surface area contributed by atoms with E-state index >= 15 is 0 Å². The molecule has 2 aromatic rings. The van der Waals surface area contributed by atoms with Gasteiger partial charge in [-0.15, -0.1) is 0 Å². The maximum Gasteiger partial charge on any atom is 0.264 e. The molecule has 0 N–H and O–H groups in total. The van der Waals surface area contributed by atoms with Crippen molar-refractivity contribution in [3.05, 3.63) is 48.0 Å². The molecule has 8 heteroatoms. The minimum atomic E-state index is -4.09. The Morgan fingerprint density at radius 3 is 2.46 bits per heavy atom. The van der Waals surface area contributed by atoms with Crippen LogP contribution in [0.3, 0.4) is 0 Å². The highest BCUT2D eigenvalue weighted by Crippen LogP contribution is 2.34. The lowest BCUT2D eigenvalue weighted by molar-refractivity contribution is 0.297. The summed E-state index contributed by atoms with van der Waals surface area (Å²) in [7, 11) is -2.92. The molecule has 0 bridgehead atoms. The van der Waals surface area contributed by atoms with Crippen molar-refractivity contribution in [2.45, 2.75) is 11.3 Å². The number of fused-ring (bicyclic) bond motifs is 1. The average molecular weight is 355 g/mol. The summed E-state index contributed by atoms with van der Waals surface area (Å²) < 4.78 is 64.3. The van der Waals surface area contributed by atoms with Crippen molar-refractivity contribution in [2.24, 2.45) is 0 Å². The molecule has 0 fully saturated rings. The van der Waals surface area contributed by atoms with E-state index in [9.17, 15) is 17.2 Å². The molecule has 5 nitrogen and oxygen atoms in total. The second-order valence-corrected chi connectivity index (χ2v) is 7.20. The monoisotopic (exact) mass is 355 g/mol. The first-order valence-electron chi connectivity index (χ1n) is 7.23. The van der Waals surface area contributed by atoms with Crippen molar-refractivity contribution in [3.63, 3.8) is 0 Å². The number of halogens is 2. The molecule has 0 unspecified atom stereocenters. The van der Waals surface area contributed by atoms with Gasteiger partial charge in [-0.25, -0.2) is 17.2 Å². The second kappa shape index (κ2) is 6.27. The van der Waals surface area contributed by atoms with Crippen molar-refractivity contribution in [3.8, 4) is 11.5 Å². The molecule has 0 spiro atoms. The number of rotatable bonds is 3. The van der Waals surface area contributed by atoms with E-state index in [1.807, 2.05) is 0 Å². The van der Waals surface area contributed by atoms with Crippen LogP contribution in [0.25, 0.3) is 0 Å². The first-order valence-corrected chi connectivity index (χ1v) is 8.67. The van der Waals surface area contributed by atoms with Crippen molar-refractivity contribution < 1.29 is 26.7 Å². The fourth-order valence-corrected chi connectivity index (χ4v) is 3.53. The van der Waals surface area contributed by atoms with Gasteiger partial charge in [0.15, 0.2) is 11.5 Å². The maximum atomic E-state index is 13.9. The largest absolute Gasteiger partial charge is 0.490 e. The van der Waals surface area contributed by atoms with Crippen molar-refractivity contribution in [1.82, 2.24) is 0 Å². The Morgan fingerprint density at radius 2 is 1.71 bits per heavy atom. The molecule has 1 heterocycles. The van der Waals surface area contributed by atoms with Gasteiger partial charge < -0.3 is 9.47 Å². The normalized spacial score (nSPS) is 14.1. The van der Waals surface area contributed by atoms with E-state index in [2.05, 4.69) is 0 Å². The predicted octanol–water partition coefficient (Wildman–Crippen LogP) is 2.95. The topological polar surface area (TPSA) is 55.8 Å². The fraction of sp³-hybridized carbons (Fsp3) is 0.250. The Kier molecular flexibility index (Phi) is 4.31. The van der Waals surface area contributed by atoms with Crippen LogP contribution in [-0.4, -0.2) is 28.7 Å². The van der Waals surface area contributed by atoms with Crippen molar-refractivity contribution in [2.75, 3.05) is 24.6 Å². The lowest BCUT2D eigenvalue weighted by Gasteiger charge is -2.20. The van der Waals surface area contributed by atoms with Crippen LogP contribution in [0, 0.1) is 11.6 Å². The minimum Gasteiger partial charge on any atom is -0.490 e. The van der Waals surface area contributed by atoms with E-state index in [0.29, 0.717) is 35.4 Å². The van der Waals surface area contributed by atoms with Crippen LogP contribution in [0.15, 0.2) is 41.3 Å². The number of benzene rings is 2. The molecule has 2 aromatic carbocycles. The quantitative estimate of drug-likeness (QED) is 0.849. The highest BCUT2D eigenvalue weighted by atomic mass is 32.2. The summed E-state index contributed by atoms with van der Waals surface area (Å²) in [5, 5.41) is 0. The molecule has 0 aliphatic carbocycles. The molecule has 0 atom stereocenters. The van der Waals surface area contributed by atoms with Gasteiger partial charge in [0.1, 0.15) is 11.6 Å². The molecule has 0 saturated carbocycles. The molecule has 1 aliphatic rings. The average Bonchev–Trinajstić information content (AvgIpc) is 2.81. The van der Waals surface area contributed by atoms with E-state index in [1.54, 1.807) is 0 Å². The summed E-state index contributed by atoms with van der Waals surface area (Å²) in [5.41, 5.74) is -0.373. The van der Waals surface area contributed by atoms with Gasteiger partial charge in [-0.1, -0.05) is 0 Å². The van der Waals surface area contributed by atoms with Crippen LogP contribution in [0.2, 0.25) is 0 Å². The lowest BCUT2D eigenvalue weighted by Crippen LogP contribution is -2.27. The zero-order chi connectivity index (χ0) is 17.3. The number of hydrogen-bond donors (Lipinski definition) is 0. The molecule has 128 valence electrons. The van der Waals surface area contributed by atoms with Gasteiger partial charge in [0.25, 0.3) is 10.0 Å². The Morgan fingerprint density at radius 1 is 1.00 bits per heavy atom. The Hall–Kier alpha value is -2.35. The van der Waals surface area contributed by atoms with Crippen LogP contribution in [0.5, 0.6) is 11.5 Å². The Bertz CT molecular complexity index is 870. The molecular formula is C16H15F2NO4S. The lowest BCUT2D eigenvalue weighted by atomic mass is 10.3. The SMILES string of the molecule is CN(c1cc(F)ccc1F)S(=O)(=O)c1ccc2c(c1)OCCCO2. The van der Waals surface area contributed by atoms with E-state index in [0.717, 1.165) is 25.2 Å². The smallest absolute Gasteiger partial charge is 0.264 e. The number of ether oxygens (including phenoxy) is 2. The van der Waals surface area contributed by atoms with Crippen LogP contribution in [-0.2, 0) is 10.0 Å². The standard InChI is InChI=1S/C16H15F2NO4S/c1-19(14-9-11(17)3-5-13(14)18)24(20,21)12-4-6-15-16(10-12)23-8-2-7-22-15/h3-6,9-10H,2,7-8H2,1H3. The second-order valence-electron chi connectivity index (χ2n) is 5.23. The minimum absolute atomic E-state index is 0.0992. The first kappa shape index (κ1) is 16.5. The third-order valence-electron chi connectivity index (χ3n) is 3.62. The third-order valence-corrected chi connectivity index (χ3v) is 5.39. The number of anilines is 1. The van der Waals surface area contributed by atoms with Crippen LogP contribution >= 0.6 is 0 Å². The molecule has 3 rings (SSSR count). The van der Waals surface area contributed by atoms with Crippen molar-refractivity contribution >= 4 is 15.7 Å². The van der Waals surface area contributed by atoms with Gasteiger partial charge in [-0.05, 0) is 24.3 Å². The molecule has 0 aromatic heterocycles. The highest BCUT2D eigenvalue weighted by molar-refractivity contribution is 7.92. The zero-order valence-electron chi connectivity index (χ0n) is 12.8. The molecule has 0 amide bonds. The number of nitrogens with zero attached hydrogens (tertiary/aromatic N) is 1. The summed E-state index contributed by atoms with van der Waals surface area (Å²) >= 11 is 0.